The summed E-state index contributed by atoms with van der Waals surface area (Å²) in [6.45, 7) is 1.61. The van der Waals surface area contributed by atoms with E-state index in [4.69, 9.17) is 11.6 Å². The van der Waals surface area contributed by atoms with Crippen LogP contribution in [0.15, 0.2) is 77.4 Å². The van der Waals surface area contributed by atoms with Crippen LogP contribution in [0.3, 0.4) is 0 Å². The molecule has 1 atom stereocenters. The lowest BCUT2D eigenvalue weighted by atomic mass is 9.93. The molecule has 6 heteroatoms. The van der Waals surface area contributed by atoms with Gasteiger partial charge in [0.2, 0.25) is 5.91 Å². The lowest BCUT2D eigenvalue weighted by molar-refractivity contribution is -0.126. The van der Waals surface area contributed by atoms with Crippen molar-refractivity contribution in [2.24, 2.45) is 5.92 Å². The first kappa shape index (κ1) is 20.9. The van der Waals surface area contributed by atoms with Gasteiger partial charge >= 0.3 is 0 Å². The predicted molar refractivity (Wildman–Crippen MR) is 125 cm³/mol. The van der Waals surface area contributed by atoms with Gasteiger partial charge < -0.3 is 10.2 Å². The van der Waals surface area contributed by atoms with Crippen molar-refractivity contribution in [1.29, 1.82) is 0 Å². The predicted octanol–water partition coefficient (Wildman–Crippen LogP) is 5.62. The zero-order chi connectivity index (χ0) is 20.9. The van der Waals surface area contributed by atoms with Crippen LogP contribution in [-0.4, -0.2) is 24.0 Å². The number of carbonyl (C=O) groups excluding carboxylic acids is 1. The third kappa shape index (κ3) is 5.02. The number of nitrogens with one attached hydrogen (secondary N) is 1. The maximum Gasteiger partial charge on any atom is 0.223 e. The van der Waals surface area contributed by atoms with Crippen LogP contribution in [-0.2, 0) is 4.79 Å². The Hall–Kier alpha value is -2.37. The van der Waals surface area contributed by atoms with Crippen LogP contribution in [0.4, 0.5) is 5.82 Å². The van der Waals surface area contributed by atoms with Gasteiger partial charge in [0.15, 0.2) is 0 Å². The Morgan fingerprint density at radius 1 is 1.00 bits per heavy atom. The molecule has 1 fully saturated rings. The highest BCUT2D eigenvalue weighted by molar-refractivity contribution is 9.10. The molecule has 0 aliphatic carbocycles. The summed E-state index contributed by atoms with van der Waals surface area (Å²) in [5.74, 6) is 1.01. The molecule has 0 spiro atoms. The quantitative estimate of drug-likeness (QED) is 0.511. The Morgan fingerprint density at radius 3 is 2.30 bits per heavy atom. The highest BCUT2D eigenvalue weighted by Gasteiger charge is 2.28. The van der Waals surface area contributed by atoms with Crippen LogP contribution in [0.5, 0.6) is 0 Å². The second-order valence-electron chi connectivity index (χ2n) is 7.50. The first-order valence-corrected chi connectivity index (χ1v) is 11.2. The molecular weight excluding hydrogens is 462 g/mol. The third-order valence-corrected chi connectivity index (χ3v) is 6.28. The molecule has 3 aromatic rings. The fraction of sp³-hybridized carbons (Fsp3) is 0.250. The molecule has 0 bridgehead atoms. The first-order valence-electron chi connectivity index (χ1n) is 10.1. The van der Waals surface area contributed by atoms with Gasteiger partial charge in [-0.05, 0) is 48.2 Å². The molecule has 2 aromatic carbocycles. The molecule has 1 aromatic heterocycles. The number of rotatable bonds is 5. The number of nitrogens with zero attached hydrogens (tertiary/aromatic N) is 2. The Kier molecular flexibility index (Phi) is 6.70. The van der Waals surface area contributed by atoms with E-state index in [1.807, 2.05) is 42.5 Å². The molecule has 2 heterocycles. The summed E-state index contributed by atoms with van der Waals surface area (Å²) in [6, 6.07) is 21.9. The van der Waals surface area contributed by atoms with Gasteiger partial charge in [-0.1, -0.05) is 70.0 Å². The summed E-state index contributed by atoms with van der Waals surface area (Å²) in [4.78, 5) is 19.7. The molecule has 4 nitrogen and oxygen atoms in total. The van der Waals surface area contributed by atoms with Crippen LogP contribution in [0.1, 0.15) is 30.0 Å². The Balaban J connectivity index is 1.44. The summed E-state index contributed by atoms with van der Waals surface area (Å²) in [7, 11) is 0. The van der Waals surface area contributed by atoms with Crippen molar-refractivity contribution in [2.45, 2.75) is 18.9 Å². The van der Waals surface area contributed by atoms with E-state index in [-0.39, 0.29) is 17.9 Å². The lowest BCUT2D eigenvalue weighted by Crippen LogP contribution is -2.42. The summed E-state index contributed by atoms with van der Waals surface area (Å²) in [5, 5.41) is 3.93. The Bertz CT molecular complexity index is 972. The normalized spacial score (nSPS) is 15.6. The SMILES string of the molecule is O=C(NC(c1ccccc1)c1ccc(Br)cc1)C1CCN(c2ccc(Cl)cn2)CC1. The second kappa shape index (κ2) is 9.63. The largest absolute Gasteiger partial charge is 0.357 e. The molecular formula is C24H23BrClN3O. The zero-order valence-electron chi connectivity index (χ0n) is 16.5. The van der Waals surface area contributed by atoms with E-state index >= 15 is 0 Å². The number of aromatic nitrogens is 1. The highest BCUT2D eigenvalue weighted by Crippen LogP contribution is 2.27. The molecule has 1 aliphatic heterocycles. The van der Waals surface area contributed by atoms with E-state index in [0.717, 1.165) is 47.3 Å². The average Bonchev–Trinajstić information content (AvgIpc) is 2.79. The van der Waals surface area contributed by atoms with E-state index in [1.165, 1.54) is 0 Å². The van der Waals surface area contributed by atoms with Crippen molar-refractivity contribution >= 4 is 39.3 Å². The van der Waals surface area contributed by atoms with E-state index in [9.17, 15) is 4.79 Å². The highest BCUT2D eigenvalue weighted by atomic mass is 79.9. The lowest BCUT2D eigenvalue weighted by Gasteiger charge is -2.33. The van der Waals surface area contributed by atoms with Gasteiger partial charge in [0.1, 0.15) is 5.82 Å². The van der Waals surface area contributed by atoms with Crippen molar-refractivity contribution in [1.82, 2.24) is 10.3 Å². The molecule has 0 radical (unpaired) electrons. The number of hydrogen-bond acceptors (Lipinski definition) is 3. The number of carbonyl (C=O) groups is 1. The van der Waals surface area contributed by atoms with Crippen molar-refractivity contribution < 1.29 is 4.79 Å². The molecule has 1 amide bonds. The van der Waals surface area contributed by atoms with E-state index in [0.29, 0.717) is 5.02 Å². The monoisotopic (exact) mass is 483 g/mol. The maximum absolute atomic E-state index is 13.1. The van der Waals surface area contributed by atoms with Gasteiger partial charge in [-0.3, -0.25) is 4.79 Å². The minimum atomic E-state index is -0.164. The van der Waals surface area contributed by atoms with Crippen LogP contribution in [0.25, 0.3) is 0 Å². The zero-order valence-corrected chi connectivity index (χ0v) is 18.8. The van der Waals surface area contributed by atoms with Crippen molar-refractivity contribution in [3.8, 4) is 0 Å². The summed E-state index contributed by atoms with van der Waals surface area (Å²) in [5.41, 5.74) is 2.15. The molecule has 1 aliphatic rings. The van der Waals surface area contributed by atoms with E-state index in [2.05, 4.69) is 55.4 Å². The average molecular weight is 485 g/mol. The number of halogens is 2. The molecule has 0 saturated carbocycles. The number of benzene rings is 2. The molecule has 4 rings (SSSR count). The third-order valence-electron chi connectivity index (χ3n) is 5.52. The van der Waals surface area contributed by atoms with Gasteiger partial charge in [-0.15, -0.1) is 0 Å². The summed E-state index contributed by atoms with van der Waals surface area (Å²) in [6.07, 6.45) is 3.27. The van der Waals surface area contributed by atoms with Gasteiger partial charge in [0.05, 0.1) is 11.1 Å². The van der Waals surface area contributed by atoms with Gasteiger partial charge in [-0.2, -0.15) is 0 Å². The minimum Gasteiger partial charge on any atom is -0.357 e. The van der Waals surface area contributed by atoms with Crippen molar-refractivity contribution in [2.75, 3.05) is 18.0 Å². The number of pyridine rings is 1. The van der Waals surface area contributed by atoms with E-state index < -0.39 is 0 Å². The Labute approximate surface area is 190 Å². The Morgan fingerprint density at radius 2 is 1.67 bits per heavy atom. The molecule has 1 N–H and O–H groups in total. The van der Waals surface area contributed by atoms with Crippen LogP contribution in [0, 0.1) is 5.92 Å². The number of amides is 1. The number of hydrogen-bond donors (Lipinski definition) is 1. The second-order valence-corrected chi connectivity index (χ2v) is 8.85. The molecule has 1 saturated heterocycles. The maximum atomic E-state index is 13.1. The van der Waals surface area contributed by atoms with Gasteiger partial charge in [-0.25, -0.2) is 4.98 Å². The van der Waals surface area contributed by atoms with Crippen LogP contribution in [0.2, 0.25) is 5.02 Å². The standard InChI is InChI=1S/C24H23BrClN3O/c25-20-8-6-18(7-9-20)23(17-4-2-1-3-5-17)28-24(30)19-12-14-29(15-13-19)22-11-10-21(26)16-27-22/h1-11,16,19,23H,12-15H2,(H,28,30). The minimum absolute atomic E-state index is 0.00443. The van der Waals surface area contributed by atoms with E-state index in [1.54, 1.807) is 6.20 Å². The number of anilines is 1. The molecule has 154 valence electrons. The van der Waals surface area contributed by atoms with Crippen LogP contribution >= 0.6 is 27.5 Å². The first-order chi connectivity index (χ1) is 14.6. The smallest absolute Gasteiger partial charge is 0.223 e. The summed E-state index contributed by atoms with van der Waals surface area (Å²) >= 11 is 9.43. The molecule has 1 unspecified atom stereocenters. The topological polar surface area (TPSA) is 45.2 Å². The molecule has 30 heavy (non-hydrogen) atoms. The van der Waals surface area contributed by atoms with Gasteiger partial charge in [0, 0.05) is 29.7 Å². The van der Waals surface area contributed by atoms with Crippen LogP contribution < -0.4 is 10.2 Å². The fourth-order valence-corrected chi connectivity index (χ4v) is 4.22. The van der Waals surface area contributed by atoms with Crippen molar-refractivity contribution in [3.63, 3.8) is 0 Å². The fourth-order valence-electron chi connectivity index (χ4n) is 3.85. The number of piperidine rings is 1. The van der Waals surface area contributed by atoms with Gasteiger partial charge in [0.25, 0.3) is 0 Å². The van der Waals surface area contributed by atoms with Crippen molar-refractivity contribution in [3.05, 3.63) is 93.5 Å². The summed E-state index contributed by atoms with van der Waals surface area (Å²) < 4.78 is 1.02.